The average Bonchev–Trinajstić information content (AvgIpc) is 2.87. The summed E-state index contributed by atoms with van der Waals surface area (Å²) in [5.41, 5.74) is 6.05. The molecule has 1 aliphatic rings. The fraction of sp³-hybridized carbons (Fsp3) is 0.846. The van der Waals surface area contributed by atoms with Gasteiger partial charge in [-0.05, 0) is 12.3 Å². The van der Waals surface area contributed by atoms with E-state index in [9.17, 15) is 5.11 Å². The Balaban J connectivity index is 1.88. The third-order valence-corrected chi connectivity index (χ3v) is 3.79. The van der Waals surface area contributed by atoms with Crippen molar-refractivity contribution < 1.29 is 9.63 Å². The third kappa shape index (κ3) is 3.29. The first-order valence-electron chi connectivity index (χ1n) is 6.96. The Morgan fingerprint density at radius 1 is 1.39 bits per heavy atom. The van der Waals surface area contributed by atoms with Crippen molar-refractivity contribution in [2.75, 3.05) is 0 Å². The zero-order chi connectivity index (χ0) is 13.0. The van der Waals surface area contributed by atoms with Gasteiger partial charge in [0.25, 0.3) is 5.89 Å². The molecule has 0 bridgehead atoms. The van der Waals surface area contributed by atoms with Gasteiger partial charge >= 0.3 is 0 Å². The summed E-state index contributed by atoms with van der Waals surface area (Å²) in [5, 5.41) is 13.9. The maximum Gasteiger partial charge on any atom is 0.257 e. The lowest BCUT2D eigenvalue weighted by Gasteiger charge is -2.25. The molecule has 0 aliphatic heterocycles. The molecule has 0 spiro atoms. The number of rotatable bonds is 5. The van der Waals surface area contributed by atoms with Crippen LogP contribution < -0.4 is 5.73 Å². The first-order valence-corrected chi connectivity index (χ1v) is 6.96. The minimum absolute atomic E-state index is 0.259. The highest BCUT2D eigenvalue weighted by Crippen LogP contribution is 2.29. The fourth-order valence-electron chi connectivity index (χ4n) is 2.65. The number of hydrogen-bond acceptors (Lipinski definition) is 5. The van der Waals surface area contributed by atoms with Crippen molar-refractivity contribution in [2.45, 2.75) is 64.0 Å². The van der Waals surface area contributed by atoms with E-state index >= 15 is 0 Å². The summed E-state index contributed by atoms with van der Waals surface area (Å²) in [6.07, 6.45) is 7.06. The van der Waals surface area contributed by atoms with Gasteiger partial charge in [-0.2, -0.15) is 4.98 Å². The molecule has 0 radical (unpaired) electrons. The van der Waals surface area contributed by atoms with E-state index in [0.29, 0.717) is 18.2 Å². The van der Waals surface area contributed by atoms with Gasteiger partial charge in [0, 0.05) is 12.5 Å². The molecule has 5 heteroatoms. The Kier molecular flexibility index (Phi) is 4.72. The molecule has 0 aromatic carbocycles. The summed E-state index contributed by atoms with van der Waals surface area (Å²) in [6, 6.07) is -0.307. The van der Waals surface area contributed by atoms with Gasteiger partial charge in [0.15, 0.2) is 5.82 Å². The lowest BCUT2D eigenvalue weighted by Crippen LogP contribution is -2.31. The molecule has 1 heterocycles. The molecule has 5 nitrogen and oxygen atoms in total. The van der Waals surface area contributed by atoms with Crippen LogP contribution in [0, 0.1) is 5.92 Å². The van der Waals surface area contributed by atoms with Crippen molar-refractivity contribution in [3.8, 4) is 0 Å². The molecule has 18 heavy (non-hydrogen) atoms. The highest BCUT2D eigenvalue weighted by Gasteiger charge is 2.26. The zero-order valence-corrected chi connectivity index (χ0v) is 11.0. The van der Waals surface area contributed by atoms with Crippen molar-refractivity contribution >= 4 is 0 Å². The molecular formula is C13H23N3O2. The van der Waals surface area contributed by atoms with E-state index in [1.165, 1.54) is 32.1 Å². The van der Waals surface area contributed by atoms with Crippen LogP contribution in [0.4, 0.5) is 0 Å². The van der Waals surface area contributed by atoms with Crippen molar-refractivity contribution in [1.82, 2.24) is 10.1 Å². The first kappa shape index (κ1) is 13.5. The van der Waals surface area contributed by atoms with Gasteiger partial charge in [-0.3, -0.25) is 0 Å². The van der Waals surface area contributed by atoms with E-state index in [1.54, 1.807) is 0 Å². The van der Waals surface area contributed by atoms with E-state index in [1.807, 2.05) is 6.92 Å². The number of nitrogens with zero attached hydrogens (tertiary/aromatic N) is 2. The Labute approximate surface area is 108 Å². The van der Waals surface area contributed by atoms with Crippen LogP contribution in [0.1, 0.15) is 63.3 Å². The number of hydrogen-bond donors (Lipinski definition) is 2. The van der Waals surface area contributed by atoms with Crippen molar-refractivity contribution in [2.24, 2.45) is 11.7 Å². The van der Waals surface area contributed by atoms with Crippen LogP contribution >= 0.6 is 0 Å². The maximum atomic E-state index is 10.1. The molecule has 3 N–H and O–H groups in total. The Hall–Kier alpha value is -0.940. The van der Waals surface area contributed by atoms with E-state index in [2.05, 4.69) is 10.1 Å². The summed E-state index contributed by atoms with van der Waals surface area (Å²) < 4.78 is 5.04. The molecule has 0 saturated heterocycles. The van der Waals surface area contributed by atoms with E-state index in [-0.39, 0.29) is 11.9 Å². The normalized spacial score (nSPS) is 20.8. The second-order valence-electron chi connectivity index (χ2n) is 5.25. The zero-order valence-electron chi connectivity index (χ0n) is 11.0. The molecular weight excluding hydrogens is 230 g/mol. The van der Waals surface area contributed by atoms with Gasteiger partial charge in [-0.15, -0.1) is 0 Å². The topological polar surface area (TPSA) is 85.2 Å². The van der Waals surface area contributed by atoms with Crippen LogP contribution in [0.2, 0.25) is 0 Å². The largest absolute Gasteiger partial charge is 0.382 e. The summed E-state index contributed by atoms with van der Waals surface area (Å²) in [6.45, 7) is 1.95. The summed E-state index contributed by atoms with van der Waals surface area (Å²) in [7, 11) is 0. The second-order valence-corrected chi connectivity index (χ2v) is 5.25. The molecule has 1 unspecified atom stereocenters. The lowest BCUT2D eigenvalue weighted by atomic mass is 9.84. The third-order valence-electron chi connectivity index (χ3n) is 3.79. The Morgan fingerprint density at radius 3 is 2.72 bits per heavy atom. The molecule has 1 saturated carbocycles. The van der Waals surface area contributed by atoms with Crippen molar-refractivity contribution in [3.63, 3.8) is 0 Å². The van der Waals surface area contributed by atoms with Crippen LogP contribution in [0.15, 0.2) is 4.52 Å². The van der Waals surface area contributed by atoms with Crippen LogP contribution in [0.5, 0.6) is 0 Å². The van der Waals surface area contributed by atoms with Crippen molar-refractivity contribution in [3.05, 3.63) is 11.7 Å². The maximum absolute atomic E-state index is 10.1. The molecule has 1 fully saturated rings. The molecule has 102 valence electrons. The van der Waals surface area contributed by atoms with E-state index in [0.717, 1.165) is 6.42 Å². The minimum Gasteiger partial charge on any atom is -0.382 e. The van der Waals surface area contributed by atoms with Crippen LogP contribution in [-0.2, 0) is 6.42 Å². The average molecular weight is 253 g/mol. The number of aliphatic hydroxyl groups is 1. The number of aryl methyl sites for hydroxylation is 1. The minimum atomic E-state index is -0.834. The molecule has 2 atom stereocenters. The Morgan fingerprint density at radius 2 is 2.11 bits per heavy atom. The van der Waals surface area contributed by atoms with Gasteiger partial charge in [0.1, 0.15) is 6.10 Å². The highest BCUT2D eigenvalue weighted by atomic mass is 16.5. The summed E-state index contributed by atoms with van der Waals surface area (Å²) >= 11 is 0. The number of nitrogens with two attached hydrogens (primary N) is 1. The van der Waals surface area contributed by atoms with Crippen LogP contribution in [-0.4, -0.2) is 21.3 Å². The van der Waals surface area contributed by atoms with Crippen molar-refractivity contribution in [1.29, 1.82) is 0 Å². The fourth-order valence-corrected chi connectivity index (χ4v) is 2.65. The van der Waals surface area contributed by atoms with Crippen LogP contribution in [0.3, 0.4) is 0 Å². The quantitative estimate of drug-likeness (QED) is 0.838. The molecule has 2 rings (SSSR count). The Bertz CT molecular complexity index is 361. The number of aromatic nitrogens is 2. The number of aliphatic hydroxyl groups excluding tert-OH is 1. The standard InChI is InChI=1S/C13H23N3O2/c1-2-11-15-13(18-16-11)12(17)10(14)8-9-6-4-3-5-7-9/h9-10,12,17H,2-8,14H2,1H3/t10-,12?/m0/s1. The van der Waals surface area contributed by atoms with E-state index in [4.69, 9.17) is 10.3 Å². The molecule has 0 amide bonds. The van der Waals surface area contributed by atoms with E-state index < -0.39 is 6.10 Å². The lowest BCUT2D eigenvalue weighted by molar-refractivity contribution is 0.0935. The van der Waals surface area contributed by atoms with Gasteiger partial charge < -0.3 is 15.4 Å². The molecule has 1 aliphatic carbocycles. The van der Waals surface area contributed by atoms with Gasteiger partial charge in [0.05, 0.1) is 0 Å². The van der Waals surface area contributed by atoms with Gasteiger partial charge in [-0.25, -0.2) is 0 Å². The predicted molar refractivity (Wildman–Crippen MR) is 67.8 cm³/mol. The van der Waals surface area contributed by atoms with Crippen LogP contribution in [0.25, 0.3) is 0 Å². The predicted octanol–water partition coefficient (Wildman–Crippen LogP) is 1.96. The van der Waals surface area contributed by atoms with Gasteiger partial charge in [0.2, 0.25) is 0 Å². The highest BCUT2D eigenvalue weighted by molar-refractivity contribution is 4.94. The SMILES string of the molecule is CCc1noc(C(O)[C@@H](N)CC2CCCCC2)n1. The second kappa shape index (κ2) is 6.29. The molecule has 1 aromatic heterocycles. The van der Waals surface area contributed by atoms with Gasteiger partial charge in [-0.1, -0.05) is 44.2 Å². The summed E-state index contributed by atoms with van der Waals surface area (Å²) in [5.74, 6) is 1.51. The molecule has 1 aromatic rings. The first-order chi connectivity index (χ1) is 8.70. The monoisotopic (exact) mass is 253 g/mol. The smallest absolute Gasteiger partial charge is 0.257 e. The summed E-state index contributed by atoms with van der Waals surface area (Å²) in [4.78, 5) is 4.14.